The first-order valence-corrected chi connectivity index (χ1v) is 11.5. The van der Waals surface area contributed by atoms with Crippen LogP contribution in [0.25, 0.3) is 0 Å². The molecule has 3 aliphatic heterocycles. The van der Waals surface area contributed by atoms with Gasteiger partial charge in [0, 0.05) is 29.9 Å². The van der Waals surface area contributed by atoms with E-state index in [1.807, 2.05) is 6.92 Å². The number of aromatic nitrogens is 1. The van der Waals surface area contributed by atoms with Crippen LogP contribution in [0.3, 0.4) is 0 Å². The molecule has 2 amide bonds. The molecule has 1 saturated carbocycles. The number of amides is 2. The molecule has 2 bridgehead atoms. The molecule has 2 fully saturated rings. The molecule has 8 nitrogen and oxygen atoms in total. The van der Waals surface area contributed by atoms with Gasteiger partial charge in [-0.2, -0.15) is 0 Å². The second-order valence-electron chi connectivity index (χ2n) is 9.61. The van der Waals surface area contributed by atoms with Gasteiger partial charge < -0.3 is 24.6 Å². The standard InChI is InChI=1S/C24H23F2N3O5/c1-10-6-16-24-28(13-4-5-14(8-13)34-24)23(33)19-21(31)20(30)17(18(10)29(16)19)22(32)27-9-11-2-3-12(25)7-15(11)26/h2-3,7,10,13-14,16,24,31H,4-6,8-9H2,1H3,(H,27,32)/t10?,13?,14?,16-,24-/m1/s1. The second-order valence-corrected chi connectivity index (χ2v) is 9.61. The van der Waals surface area contributed by atoms with E-state index in [1.165, 1.54) is 6.07 Å². The normalized spacial score (nSPS) is 28.6. The number of pyridine rings is 1. The number of aromatic hydroxyl groups is 1. The summed E-state index contributed by atoms with van der Waals surface area (Å²) in [5, 5.41) is 13.3. The monoisotopic (exact) mass is 471 g/mol. The fraction of sp³-hybridized carbons (Fsp3) is 0.458. The van der Waals surface area contributed by atoms with Crippen LogP contribution < -0.4 is 10.7 Å². The number of ether oxygens (including phenoxy) is 1. The molecule has 1 aromatic carbocycles. The van der Waals surface area contributed by atoms with E-state index in [0.717, 1.165) is 25.3 Å². The van der Waals surface area contributed by atoms with Crippen LogP contribution in [-0.4, -0.2) is 44.8 Å². The SMILES string of the molecule is CC1C[C@@H]2[C@H]3OC4CCC(C4)N3C(=O)c3c(O)c(=O)c(C(=O)NCc4ccc(F)cc4F)c1n32. The van der Waals surface area contributed by atoms with Crippen molar-refractivity contribution in [2.45, 2.75) is 69.5 Å². The summed E-state index contributed by atoms with van der Waals surface area (Å²) >= 11 is 0. The highest BCUT2D eigenvalue weighted by Crippen LogP contribution is 2.50. The van der Waals surface area contributed by atoms with Crippen LogP contribution in [0.1, 0.15) is 76.7 Å². The van der Waals surface area contributed by atoms with E-state index in [4.69, 9.17) is 4.74 Å². The van der Waals surface area contributed by atoms with E-state index in [1.54, 1.807) is 9.47 Å². The minimum Gasteiger partial charge on any atom is -0.503 e. The van der Waals surface area contributed by atoms with Gasteiger partial charge in [0.15, 0.2) is 17.7 Å². The first-order valence-electron chi connectivity index (χ1n) is 11.5. The minimum absolute atomic E-state index is 0.00689. The van der Waals surface area contributed by atoms with Gasteiger partial charge in [0.05, 0.1) is 12.1 Å². The van der Waals surface area contributed by atoms with E-state index in [-0.39, 0.29) is 47.5 Å². The van der Waals surface area contributed by atoms with Crippen LogP contribution in [0, 0.1) is 11.6 Å². The van der Waals surface area contributed by atoms with E-state index in [0.29, 0.717) is 18.2 Å². The number of rotatable bonds is 3. The quantitative estimate of drug-likeness (QED) is 0.717. The van der Waals surface area contributed by atoms with Gasteiger partial charge in [-0.15, -0.1) is 0 Å². The molecule has 10 heteroatoms. The molecule has 5 atom stereocenters. The summed E-state index contributed by atoms with van der Waals surface area (Å²) in [6.45, 7) is 1.59. The Morgan fingerprint density at radius 1 is 1.24 bits per heavy atom. The van der Waals surface area contributed by atoms with E-state index in [9.17, 15) is 28.3 Å². The summed E-state index contributed by atoms with van der Waals surface area (Å²) in [6, 6.07) is 2.68. The molecule has 6 rings (SSSR count). The third-order valence-electron chi connectivity index (χ3n) is 7.62. The fourth-order valence-corrected chi connectivity index (χ4v) is 6.15. The van der Waals surface area contributed by atoms with Gasteiger partial charge in [0.2, 0.25) is 5.43 Å². The Bertz CT molecular complexity index is 1310. The van der Waals surface area contributed by atoms with Crippen molar-refractivity contribution in [1.82, 2.24) is 14.8 Å². The Kier molecular flexibility index (Phi) is 4.61. The van der Waals surface area contributed by atoms with Gasteiger partial charge in [0.1, 0.15) is 17.2 Å². The van der Waals surface area contributed by atoms with Gasteiger partial charge in [-0.1, -0.05) is 13.0 Å². The third kappa shape index (κ3) is 2.87. The van der Waals surface area contributed by atoms with Crippen molar-refractivity contribution in [3.63, 3.8) is 0 Å². The molecule has 178 valence electrons. The zero-order valence-electron chi connectivity index (χ0n) is 18.4. The van der Waals surface area contributed by atoms with Crippen molar-refractivity contribution < 1.29 is 28.2 Å². The molecule has 4 heterocycles. The number of hydrogen-bond acceptors (Lipinski definition) is 5. The Morgan fingerprint density at radius 3 is 2.79 bits per heavy atom. The Hall–Kier alpha value is -3.27. The first-order chi connectivity index (χ1) is 16.3. The Morgan fingerprint density at radius 2 is 2.03 bits per heavy atom. The largest absolute Gasteiger partial charge is 0.503 e. The molecule has 1 aliphatic carbocycles. The molecular weight excluding hydrogens is 448 g/mol. The van der Waals surface area contributed by atoms with Crippen molar-refractivity contribution in [3.05, 3.63) is 62.6 Å². The first kappa shape index (κ1) is 21.3. The van der Waals surface area contributed by atoms with Crippen LogP contribution in [0.2, 0.25) is 0 Å². The van der Waals surface area contributed by atoms with Crippen LogP contribution >= 0.6 is 0 Å². The molecule has 2 aromatic rings. The highest BCUT2D eigenvalue weighted by Gasteiger charge is 2.55. The number of carbonyl (C=O) groups is 2. The molecule has 1 saturated heterocycles. The van der Waals surface area contributed by atoms with Crippen molar-refractivity contribution in [2.75, 3.05) is 0 Å². The number of carbonyl (C=O) groups excluding carboxylic acids is 2. The van der Waals surface area contributed by atoms with Gasteiger partial charge >= 0.3 is 0 Å². The lowest BCUT2D eigenvalue weighted by Gasteiger charge is -2.47. The van der Waals surface area contributed by atoms with Gasteiger partial charge in [-0.3, -0.25) is 14.4 Å². The highest BCUT2D eigenvalue weighted by molar-refractivity contribution is 6.01. The van der Waals surface area contributed by atoms with E-state index >= 15 is 0 Å². The topological polar surface area (TPSA) is 101 Å². The predicted octanol–water partition coefficient (Wildman–Crippen LogP) is 2.54. The number of halogens is 2. The molecule has 0 radical (unpaired) electrons. The lowest BCUT2D eigenvalue weighted by Crippen LogP contribution is -2.58. The van der Waals surface area contributed by atoms with Crippen molar-refractivity contribution in [1.29, 1.82) is 0 Å². The lowest BCUT2D eigenvalue weighted by molar-refractivity contribution is -0.147. The average molecular weight is 471 g/mol. The minimum atomic E-state index is -0.931. The highest BCUT2D eigenvalue weighted by atomic mass is 19.1. The zero-order chi connectivity index (χ0) is 23.9. The molecule has 4 aliphatic rings. The summed E-state index contributed by atoms with van der Waals surface area (Å²) < 4.78 is 35.0. The summed E-state index contributed by atoms with van der Waals surface area (Å²) in [4.78, 5) is 41.4. The molecule has 3 unspecified atom stereocenters. The van der Waals surface area contributed by atoms with Gasteiger partial charge in [0.25, 0.3) is 11.8 Å². The zero-order valence-corrected chi connectivity index (χ0v) is 18.4. The second kappa shape index (κ2) is 7.36. The van der Waals surface area contributed by atoms with Crippen molar-refractivity contribution in [3.8, 4) is 5.75 Å². The summed E-state index contributed by atoms with van der Waals surface area (Å²) in [5.41, 5.74) is -0.870. The molecule has 0 spiro atoms. The molecule has 34 heavy (non-hydrogen) atoms. The van der Waals surface area contributed by atoms with E-state index in [2.05, 4.69) is 5.32 Å². The lowest BCUT2D eigenvalue weighted by atomic mass is 9.98. The third-order valence-corrected chi connectivity index (χ3v) is 7.62. The van der Waals surface area contributed by atoms with Crippen molar-refractivity contribution >= 4 is 11.8 Å². The fourth-order valence-electron chi connectivity index (χ4n) is 6.15. The van der Waals surface area contributed by atoms with Gasteiger partial charge in [-0.05, 0) is 37.7 Å². The average Bonchev–Trinajstić information content (AvgIpc) is 3.33. The predicted molar refractivity (Wildman–Crippen MR) is 114 cm³/mol. The van der Waals surface area contributed by atoms with Crippen LogP contribution in [-0.2, 0) is 11.3 Å². The maximum Gasteiger partial charge on any atom is 0.276 e. The Balaban J connectivity index is 1.42. The van der Waals surface area contributed by atoms with Crippen LogP contribution in [0.5, 0.6) is 5.75 Å². The number of fused-ring (bicyclic) bond motifs is 5. The number of hydrogen-bond donors (Lipinski definition) is 2. The maximum atomic E-state index is 14.0. The molecule has 1 aromatic heterocycles. The summed E-state index contributed by atoms with van der Waals surface area (Å²) in [7, 11) is 0. The van der Waals surface area contributed by atoms with Gasteiger partial charge in [-0.25, -0.2) is 8.78 Å². The number of nitrogens with zero attached hydrogens (tertiary/aromatic N) is 2. The molecule has 2 N–H and O–H groups in total. The summed E-state index contributed by atoms with van der Waals surface area (Å²) in [5.74, 6) is -3.83. The Labute approximate surface area is 193 Å². The number of nitrogens with one attached hydrogen (secondary N) is 1. The molecular formula is C24H23F2N3O5. The van der Waals surface area contributed by atoms with Crippen LogP contribution in [0.4, 0.5) is 8.78 Å². The maximum absolute atomic E-state index is 14.0. The van der Waals surface area contributed by atoms with Crippen LogP contribution in [0.15, 0.2) is 23.0 Å². The van der Waals surface area contributed by atoms with Crippen molar-refractivity contribution in [2.24, 2.45) is 0 Å². The van der Waals surface area contributed by atoms with E-state index < -0.39 is 40.9 Å². The summed E-state index contributed by atoms with van der Waals surface area (Å²) in [6.07, 6.45) is 2.50. The number of benzene rings is 1. The smallest absolute Gasteiger partial charge is 0.276 e.